The molecule has 4 heterocycles. The van der Waals surface area contributed by atoms with E-state index in [0.29, 0.717) is 5.76 Å². The number of amides is 1. The summed E-state index contributed by atoms with van der Waals surface area (Å²) in [5.74, 6) is 1.16. The quantitative estimate of drug-likeness (QED) is 0.753. The topological polar surface area (TPSA) is 68.1 Å². The molecule has 0 aromatic carbocycles. The summed E-state index contributed by atoms with van der Waals surface area (Å²) in [6, 6.07) is 5.52. The number of carbonyl (C=O) groups is 1. The molecule has 25 heavy (non-hydrogen) atoms. The molecule has 0 radical (unpaired) electrons. The van der Waals surface area contributed by atoms with Crippen molar-refractivity contribution in [3.63, 3.8) is 0 Å². The number of fused-ring (bicyclic) bond motifs is 1. The van der Waals surface area contributed by atoms with Gasteiger partial charge in [0.05, 0.1) is 32.4 Å². The van der Waals surface area contributed by atoms with Crippen molar-refractivity contribution in [3.8, 4) is 0 Å². The Morgan fingerprint density at radius 3 is 2.80 bits per heavy atom. The van der Waals surface area contributed by atoms with Crippen LogP contribution in [0.3, 0.4) is 0 Å². The molecule has 1 amide bonds. The van der Waals surface area contributed by atoms with Gasteiger partial charge in [0, 0.05) is 17.6 Å². The number of carbonyl (C=O) groups excluding carboxylic acids is 1. The van der Waals surface area contributed by atoms with E-state index in [1.807, 2.05) is 16.2 Å². The van der Waals surface area contributed by atoms with Gasteiger partial charge in [0.2, 0.25) is 5.78 Å². The van der Waals surface area contributed by atoms with E-state index in [0.717, 1.165) is 55.6 Å². The van der Waals surface area contributed by atoms with Crippen LogP contribution in [0.25, 0.3) is 5.78 Å². The molecule has 0 saturated carbocycles. The number of hydrogen-bond acceptors (Lipinski definition) is 4. The number of imidazole rings is 1. The Morgan fingerprint density at radius 2 is 2.08 bits per heavy atom. The van der Waals surface area contributed by atoms with E-state index >= 15 is 0 Å². The first kappa shape index (κ1) is 15.8. The first-order valence-corrected chi connectivity index (χ1v) is 8.59. The molecule has 1 saturated heterocycles. The van der Waals surface area contributed by atoms with Crippen LogP contribution in [0.5, 0.6) is 0 Å². The van der Waals surface area contributed by atoms with Crippen LogP contribution in [0.15, 0.2) is 35.1 Å². The lowest BCUT2D eigenvalue weighted by Gasteiger charge is -2.31. The number of piperazine rings is 1. The molecule has 0 spiro atoms. The minimum absolute atomic E-state index is 0.0212. The van der Waals surface area contributed by atoms with E-state index in [-0.39, 0.29) is 5.91 Å². The number of hydrogen-bond donors (Lipinski definition) is 1. The van der Waals surface area contributed by atoms with Gasteiger partial charge in [-0.15, -0.1) is 0 Å². The van der Waals surface area contributed by atoms with E-state index in [9.17, 15) is 4.79 Å². The van der Waals surface area contributed by atoms with Gasteiger partial charge in [-0.1, -0.05) is 0 Å². The Morgan fingerprint density at radius 1 is 1.28 bits per heavy atom. The maximum Gasteiger partial charge on any atom is 0.289 e. The summed E-state index contributed by atoms with van der Waals surface area (Å²) in [6.45, 7) is 8.19. The molecule has 7 nitrogen and oxygen atoms in total. The van der Waals surface area contributed by atoms with E-state index in [1.54, 1.807) is 12.1 Å². The maximum atomic E-state index is 12.3. The minimum atomic E-state index is -0.0212. The Bertz CT molecular complexity index is 892. The minimum Gasteiger partial charge on any atom is -0.459 e. The van der Waals surface area contributed by atoms with Crippen molar-refractivity contribution >= 4 is 11.7 Å². The Hall–Kier alpha value is -2.67. The molecule has 1 aliphatic rings. The van der Waals surface area contributed by atoms with Crippen LogP contribution >= 0.6 is 0 Å². The smallest absolute Gasteiger partial charge is 0.289 e. The maximum absolute atomic E-state index is 12.3. The highest BCUT2D eigenvalue weighted by atomic mass is 16.3. The zero-order valence-corrected chi connectivity index (χ0v) is 14.5. The lowest BCUT2D eigenvalue weighted by molar-refractivity contribution is -0.917. The van der Waals surface area contributed by atoms with Gasteiger partial charge in [-0.3, -0.25) is 9.20 Å². The number of rotatable bonds is 3. The van der Waals surface area contributed by atoms with Gasteiger partial charge in [0.1, 0.15) is 12.2 Å². The molecule has 3 aromatic heterocycles. The molecule has 4 rings (SSSR count). The van der Waals surface area contributed by atoms with Crippen molar-refractivity contribution < 1.29 is 14.1 Å². The normalized spacial score (nSPS) is 15.8. The van der Waals surface area contributed by atoms with Gasteiger partial charge in [0.25, 0.3) is 5.91 Å². The largest absolute Gasteiger partial charge is 0.459 e. The second-order valence-electron chi connectivity index (χ2n) is 6.64. The third-order valence-electron chi connectivity index (χ3n) is 4.73. The highest BCUT2D eigenvalue weighted by Gasteiger charge is 2.26. The first-order chi connectivity index (χ1) is 12.1. The van der Waals surface area contributed by atoms with Gasteiger partial charge >= 0.3 is 0 Å². The molecular formula is C18H22N5O2+. The highest BCUT2D eigenvalue weighted by Crippen LogP contribution is 2.08. The molecule has 7 heteroatoms. The van der Waals surface area contributed by atoms with Crippen LogP contribution in [0.1, 0.15) is 27.6 Å². The van der Waals surface area contributed by atoms with Crippen LogP contribution in [0, 0.1) is 13.8 Å². The Labute approximate surface area is 145 Å². The van der Waals surface area contributed by atoms with Crippen molar-refractivity contribution in [1.82, 2.24) is 19.3 Å². The zero-order valence-electron chi connectivity index (χ0n) is 14.5. The number of quaternary nitrogens is 1. The molecule has 0 unspecified atom stereocenters. The average Bonchev–Trinajstić information content (AvgIpc) is 3.24. The predicted octanol–water partition coefficient (Wildman–Crippen LogP) is 0.480. The van der Waals surface area contributed by atoms with Crippen LogP contribution in [0.2, 0.25) is 0 Å². The molecule has 0 bridgehead atoms. The molecule has 0 atom stereocenters. The molecule has 1 N–H and O–H groups in total. The third kappa shape index (κ3) is 3.15. The Kier molecular flexibility index (Phi) is 4.01. The van der Waals surface area contributed by atoms with E-state index in [1.165, 1.54) is 11.2 Å². The number of aryl methyl sites for hydroxylation is 2. The van der Waals surface area contributed by atoms with E-state index in [4.69, 9.17) is 4.42 Å². The predicted molar refractivity (Wildman–Crippen MR) is 91.5 cm³/mol. The third-order valence-corrected chi connectivity index (χ3v) is 4.73. The molecule has 130 valence electrons. The summed E-state index contributed by atoms with van der Waals surface area (Å²) in [4.78, 5) is 24.8. The summed E-state index contributed by atoms with van der Waals surface area (Å²) in [5, 5.41) is 0. The number of aromatic nitrogens is 3. The van der Waals surface area contributed by atoms with Crippen LogP contribution in [0.4, 0.5) is 0 Å². The molecule has 1 aliphatic heterocycles. The second kappa shape index (κ2) is 6.33. The molecule has 0 aliphatic carbocycles. The number of nitrogens with zero attached hydrogens (tertiary/aromatic N) is 4. The van der Waals surface area contributed by atoms with E-state index in [2.05, 4.69) is 29.2 Å². The number of furan rings is 1. The van der Waals surface area contributed by atoms with Crippen LogP contribution in [-0.4, -0.2) is 51.4 Å². The highest BCUT2D eigenvalue weighted by molar-refractivity contribution is 5.91. The van der Waals surface area contributed by atoms with Gasteiger partial charge < -0.3 is 14.2 Å². The van der Waals surface area contributed by atoms with Gasteiger partial charge in [-0.05, 0) is 32.0 Å². The molecule has 1 fully saturated rings. The monoisotopic (exact) mass is 340 g/mol. The van der Waals surface area contributed by atoms with Crippen LogP contribution < -0.4 is 4.90 Å². The summed E-state index contributed by atoms with van der Waals surface area (Å²) >= 11 is 0. The summed E-state index contributed by atoms with van der Waals surface area (Å²) in [6.07, 6.45) is 3.61. The summed E-state index contributed by atoms with van der Waals surface area (Å²) < 4.78 is 7.25. The van der Waals surface area contributed by atoms with Gasteiger partial charge in [0.15, 0.2) is 5.76 Å². The fourth-order valence-electron chi connectivity index (χ4n) is 3.42. The van der Waals surface area contributed by atoms with Crippen molar-refractivity contribution in [2.24, 2.45) is 0 Å². The fraction of sp³-hybridized carbons (Fsp3) is 0.389. The lowest BCUT2D eigenvalue weighted by Crippen LogP contribution is -3.13. The first-order valence-electron chi connectivity index (χ1n) is 8.59. The fourth-order valence-corrected chi connectivity index (χ4v) is 3.42. The van der Waals surface area contributed by atoms with Crippen molar-refractivity contribution in [2.45, 2.75) is 20.4 Å². The lowest BCUT2D eigenvalue weighted by atomic mass is 10.2. The van der Waals surface area contributed by atoms with Gasteiger partial charge in [-0.25, -0.2) is 9.97 Å². The van der Waals surface area contributed by atoms with Gasteiger partial charge in [-0.2, -0.15) is 0 Å². The summed E-state index contributed by atoms with van der Waals surface area (Å²) in [5.41, 5.74) is 3.17. The number of nitrogens with one attached hydrogen (secondary N) is 1. The molecular weight excluding hydrogens is 318 g/mol. The standard InChI is InChI=1S/C18H21N5O2/c1-13-10-14(2)23-12-15(20-18(23)19-13)11-21-5-7-22(8-6-21)17(24)16-4-3-9-25-16/h3-4,9-10,12H,5-8,11H2,1-2H3/p+1. The van der Waals surface area contributed by atoms with Crippen molar-refractivity contribution in [1.29, 1.82) is 0 Å². The van der Waals surface area contributed by atoms with Crippen molar-refractivity contribution in [3.05, 3.63) is 53.5 Å². The zero-order chi connectivity index (χ0) is 17.4. The SMILES string of the molecule is Cc1cc(C)n2cc(C[NH+]3CCN(C(=O)c4ccco4)CC3)nc2n1. The molecule has 3 aromatic rings. The van der Waals surface area contributed by atoms with Crippen LogP contribution in [-0.2, 0) is 6.54 Å². The van der Waals surface area contributed by atoms with Crippen molar-refractivity contribution in [2.75, 3.05) is 26.2 Å². The Balaban J connectivity index is 1.40. The average molecular weight is 340 g/mol. The second-order valence-corrected chi connectivity index (χ2v) is 6.64. The summed E-state index contributed by atoms with van der Waals surface area (Å²) in [7, 11) is 0. The van der Waals surface area contributed by atoms with E-state index < -0.39 is 0 Å².